The smallest absolute Gasteiger partial charge is 0.0342 e. The summed E-state index contributed by atoms with van der Waals surface area (Å²) >= 11 is 0. The quantitative estimate of drug-likeness (QED) is 0.649. The van der Waals surface area contributed by atoms with Crippen molar-refractivity contribution < 1.29 is 0 Å². The lowest BCUT2D eigenvalue weighted by atomic mass is 10.0. The molecule has 1 rings (SSSR count). The van der Waals surface area contributed by atoms with Gasteiger partial charge in [-0.25, -0.2) is 0 Å². The summed E-state index contributed by atoms with van der Waals surface area (Å²) in [5.74, 6) is 0.539. The van der Waals surface area contributed by atoms with Gasteiger partial charge < -0.3 is 0 Å². The van der Waals surface area contributed by atoms with Crippen molar-refractivity contribution in [2.75, 3.05) is 0 Å². The zero-order chi connectivity index (χ0) is 9.14. The maximum atomic E-state index is 4.17. The van der Waals surface area contributed by atoms with Crippen molar-refractivity contribution in [2.24, 2.45) is 0 Å². The minimum absolute atomic E-state index is 0.539. The summed E-state index contributed by atoms with van der Waals surface area (Å²) in [7, 11) is 0. The van der Waals surface area contributed by atoms with E-state index < -0.39 is 0 Å². The highest BCUT2D eigenvalue weighted by molar-refractivity contribution is 5.60. The highest BCUT2D eigenvalue weighted by Gasteiger charge is 2.00. The van der Waals surface area contributed by atoms with Gasteiger partial charge in [0.05, 0.1) is 0 Å². The van der Waals surface area contributed by atoms with Gasteiger partial charge in [-0.2, -0.15) is 0 Å². The van der Waals surface area contributed by atoms with Gasteiger partial charge in [0.25, 0.3) is 0 Å². The Morgan fingerprint density at radius 3 is 2.58 bits per heavy atom. The average Bonchev–Trinajstić information content (AvgIpc) is 2.04. The predicted molar refractivity (Wildman–Crippen MR) is 53.0 cm³/mol. The van der Waals surface area contributed by atoms with Gasteiger partial charge in [0, 0.05) is 12.4 Å². The first-order valence-corrected chi connectivity index (χ1v) is 4.22. The van der Waals surface area contributed by atoms with Crippen LogP contribution in [0.3, 0.4) is 0 Å². The Balaban J connectivity index is 3.04. The number of aromatic nitrogens is 1. The minimum Gasteiger partial charge on any atom is -0.264 e. The average molecular weight is 161 g/mol. The monoisotopic (exact) mass is 161 g/mol. The topological polar surface area (TPSA) is 12.9 Å². The summed E-state index contributed by atoms with van der Waals surface area (Å²) in [4.78, 5) is 4.17. The van der Waals surface area contributed by atoms with Crippen LogP contribution in [0.15, 0.2) is 25.0 Å². The van der Waals surface area contributed by atoms with Crippen LogP contribution in [0.1, 0.15) is 37.8 Å². The first kappa shape index (κ1) is 8.98. The van der Waals surface area contributed by atoms with Crippen LogP contribution in [0.25, 0.3) is 5.57 Å². The second-order valence-electron chi connectivity index (χ2n) is 3.44. The van der Waals surface area contributed by atoms with E-state index in [1.54, 1.807) is 0 Å². The van der Waals surface area contributed by atoms with E-state index in [-0.39, 0.29) is 0 Å². The number of nitrogens with zero attached hydrogens (tertiary/aromatic N) is 1. The molecule has 0 N–H and O–H groups in total. The molecule has 0 unspecified atom stereocenters. The molecule has 12 heavy (non-hydrogen) atoms. The van der Waals surface area contributed by atoms with Gasteiger partial charge in [0.2, 0.25) is 0 Å². The van der Waals surface area contributed by atoms with Crippen LogP contribution in [0.2, 0.25) is 0 Å². The number of hydrogen-bond donors (Lipinski definition) is 0. The zero-order valence-electron chi connectivity index (χ0n) is 7.96. The molecule has 1 nitrogen and oxygen atoms in total. The molecule has 0 amide bonds. The third kappa shape index (κ3) is 1.94. The normalized spacial score (nSPS) is 10.3. The molecular formula is C11H15N. The summed E-state index contributed by atoms with van der Waals surface area (Å²) < 4.78 is 0. The van der Waals surface area contributed by atoms with Crippen molar-refractivity contribution in [1.29, 1.82) is 0 Å². The zero-order valence-corrected chi connectivity index (χ0v) is 7.96. The maximum absolute atomic E-state index is 4.17. The van der Waals surface area contributed by atoms with Gasteiger partial charge in [-0.15, -0.1) is 0 Å². The van der Waals surface area contributed by atoms with Crippen molar-refractivity contribution in [3.8, 4) is 0 Å². The Morgan fingerprint density at radius 2 is 2.08 bits per heavy atom. The maximum Gasteiger partial charge on any atom is 0.0342 e. The van der Waals surface area contributed by atoms with E-state index in [9.17, 15) is 0 Å². The third-order valence-corrected chi connectivity index (χ3v) is 1.92. The lowest BCUT2D eigenvalue weighted by Gasteiger charge is -2.06. The Kier molecular flexibility index (Phi) is 2.64. The predicted octanol–water partition coefficient (Wildman–Crippen LogP) is 3.24. The Morgan fingerprint density at radius 1 is 1.42 bits per heavy atom. The van der Waals surface area contributed by atoms with Crippen molar-refractivity contribution in [3.05, 3.63) is 36.2 Å². The van der Waals surface area contributed by atoms with Crippen molar-refractivity contribution in [2.45, 2.75) is 26.7 Å². The molecule has 0 aromatic carbocycles. The van der Waals surface area contributed by atoms with Crippen molar-refractivity contribution >= 4 is 5.57 Å². The molecule has 0 fully saturated rings. The Hall–Kier alpha value is -1.11. The van der Waals surface area contributed by atoms with Crippen LogP contribution in [0.4, 0.5) is 0 Å². The molecule has 64 valence electrons. The Labute approximate surface area is 74.2 Å². The van der Waals surface area contributed by atoms with Gasteiger partial charge >= 0.3 is 0 Å². The van der Waals surface area contributed by atoms with Gasteiger partial charge in [0.1, 0.15) is 0 Å². The summed E-state index contributed by atoms with van der Waals surface area (Å²) in [6, 6.07) is 2.15. The SMILES string of the molecule is C=C(C)c1cncc(C(C)C)c1. The van der Waals surface area contributed by atoms with Crippen LogP contribution in [0, 0.1) is 0 Å². The van der Waals surface area contributed by atoms with Gasteiger partial charge in [-0.05, 0) is 35.6 Å². The molecule has 0 radical (unpaired) electrons. The first-order valence-electron chi connectivity index (χ1n) is 4.22. The lowest BCUT2D eigenvalue weighted by molar-refractivity contribution is 0.857. The number of hydrogen-bond acceptors (Lipinski definition) is 1. The molecule has 0 spiro atoms. The molecule has 0 bridgehead atoms. The summed E-state index contributed by atoms with van der Waals surface area (Å²) in [5, 5.41) is 0. The fourth-order valence-corrected chi connectivity index (χ4v) is 1.01. The molecule has 1 heteroatoms. The van der Waals surface area contributed by atoms with Gasteiger partial charge in [-0.3, -0.25) is 4.98 Å². The summed E-state index contributed by atoms with van der Waals surface area (Å²) in [5.41, 5.74) is 3.49. The molecule has 0 aliphatic carbocycles. The molecule has 1 aromatic rings. The first-order chi connectivity index (χ1) is 5.61. The molecule has 0 saturated carbocycles. The molecule has 0 atom stereocenters. The number of pyridine rings is 1. The second kappa shape index (κ2) is 3.53. The van der Waals surface area contributed by atoms with E-state index in [1.807, 2.05) is 19.3 Å². The fourth-order valence-electron chi connectivity index (χ4n) is 1.01. The van der Waals surface area contributed by atoms with Gasteiger partial charge in [-0.1, -0.05) is 20.4 Å². The summed E-state index contributed by atoms with van der Waals surface area (Å²) in [6.45, 7) is 10.2. The van der Waals surface area contributed by atoms with E-state index in [0.717, 1.165) is 11.1 Å². The van der Waals surface area contributed by atoms with E-state index in [0.29, 0.717) is 5.92 Å². The van der Waals surface area contributed by atoms with Crippen molar-refractivity contribution in [1.82, 2.24) is 4.98 Å². The number of rotatable bonds is 2. The van der Waals surface area contributed by atoms with Gasteiger partial charge in [0.15, 0.2) is 0 Å². The third-order valence-electron chi connectivity index (χ3n) is 1.92. The molecule has 1 aromatic heterocycles. The molecule has 1 heterocycles. The van der Waals surface area contributed by atoms with Crippen LogP contribution in [-0.2, 0) is 0 Å². The highest BCUT2D eigenvalue weighted by atomic mass is 14.6. The highest BCUT2D eigenvalue weighted by Crippen LogP contribution is 2.17. The van der Waals surface area contributed by atoms with E-state index in [4.69, 9.17) is 0 Å². The standard InChI is InChI=1S/C11H15N/c1-8(2)10-5-11(9(3)4)7-12-6-10/h5-7,9H,1H2,2-4H3. The molecule has 0 aliphatic heterocycles. The minimum atomic E-state index is 0.539. The Bertz CT molecular complexity index is 287. The molecule has 0 aliphatic rings. The lowest BCUT2D eigenvalue weighted by Crippen LogP contribution is -1.90. The molecule has 0 saturated heterocycles. The van der Waals surface area contributed by atoms with E-state index in [1.165, 1.54) is 5.56 Å². The van der Waals surface area contributed by atoms with Crippen LogP contribution in [0.5, 0.6) is 0 Å². The second-order valence-corrected chi connectivity index (χ2v) is 3.44. The van der Waals surface area contributed by atoms with E-state index in [2.05, 4.69) is 31.5 Å². The fraction of sp³-hybridized carbons (Fsp3) is 0.364. The van der Waals surface area contributed by atoms with Crippen LogP contribution < -0.4 is 0 Å². The largest absolute Gasteiger partial charge is 0.264 e. The number of allylic oxidation sites excluding steroid dienone is 1. The van der Waals surface area contributed by atoms with Crippen molar-refractivity contribution in [3.63, 3.8) is 0 Å². The van der Waals surface area contributed by atoms with Crippen LogP contribution >= 0.6 is 0 Å². The van der Waals surface area contributed by atoms with E-state index >= 15 is 0 Å². The van der Waals surface area contributed by atoms with Crippen LogP contribution in [-0.4, -0.2) is 4.98 Å². The summed E-state index contributed by atoms with van der Waals surface area (Å²) in [6.07, 6.45) is 3.77. The molecular weight excluding hydrogens is 146 g/mol.